The summed E-state index contributed by atoms with van der Waals surface area (Å²) in [4.78, 5) is 14.0. The molecule has 108 valence electrons. The summed E-state index contributed by atoms with van der Waals surface area (Å²) in [5.41, 5.74) is 2.34. The number of carbonyl (C=O) groups excluding carboxylic acids is 1. The van der Waals surface area contributed by atoms with Crippen LogP contribution in [-0.2, 0) is 20.1 Å². The Morgan fingerprint density at radius 1 is 1.50 bits per heavy atom. The minimum Gasteiger partial charge on any atom is -0.336 e. The Morgan fingerprint density at radius 3 is 2.70 bits per heavy atom. The van der Waals surface area contributed by atoms with Gasteiger partial charge in [0.25, 0.3) is 5.91 Å². The molecule has 2 aromatic heterocycles. The molecule has 0 N–H and O–H groups in total. The summed E-state index contributed by atoms with van der Waals surface area (Å²) < 4.78 is 4.46. The van der Waals surface area contributed by atoms with Crippen LogP contribution in [0.25, 0.3) is 0 Å². The fraction of sp³-hybridized carbons (Fsp3) is 0.462. The highest BCUT2D eigenvalue weighted by atomic mass is 79.9. The Kier molecular flexibility index (Phi) is 4.27. The molecule has 0 aromatic carbocycles. The average Bonchev–Trinajstić information content (AvgIpc) is 2.94. The van der Waals surface area contributed by atoms with E-state index in [1.807, 2.05) is 31.8 Å². The number of aryl methyl sites for hydroxylation is 2. The van der Waals surface area contributed by atoms with E-state index in [4.69, 9.17) is 0 Å². The maximum absolute atomic E-state index is 12.4. The zero-order chi connectivity index (χ0) is 14.9. The highest BCUT2D eigenvalue weighted by Gasteiger charge is 2.19. The fourth-order valence-electron chi connectivity index (χ4n) is 1.92. The number of hydrogen-bond donors (Lipinski definition) is 0. The predicted molar refractivity (Wildman–Crippen MR) is 79.3 cm³/mol. The van der Waals surface area contributed by atoms with Gasteiger partial charge in [-0.1, -0.05) is 0 Å². The van der Waals surface area contributed by atoms with Gasteiger partial charge in [-0.3, -0.25) is 14.2 Å². The smallest absolute Gasteiger partial charge is 0.257 e. The average molecular weight is 340 g/mol. The van der Waals surface area contributed by atoms with E-state index in [1.54, 1.807) is 22.8 Å². The van der Waals surface area contributed by atoms with Gasteiger partial charge in [-0.2, -0.15) is 10.2 Å². The lowest BCUT2D eigenvalue weighted by atomic mass is 10.2. The minimum atomic E-state index is -0.0476. The Labute approximate surface area is 126 Å². The monoisotopic (exact) mass is 339 g/mol. The van der Waals surface area contributed by atoms with Gasteiger partial charge in [0.15, 0.2) is 0 Å². The van der Waals surface area contributed by atoms with Crippen molar-refractivity contribution < 1.29 is 4.79 Å². The number of rotatable bonds is 4. The summed E-state index contributed by atoms with van der Waals surface area (Å²) in [6, 6.07) is 0. The van der Waals surface area contributed by atoms with Crippen molar-refractivity contribution in [2.75, 3.05) is 7.05 Å². The molecule has 0 aliphatic rings. The Bertz CT molecular complexity index is 631. The molecule has 0 saturated carbocycles. The molecule has 6 nitrogen and oxygen atoms in total. The van der Waals surface area contributed by atoms with Gasteiger partial charge >= 0.3 is 0 Å². The number of carbonyl (C=O) groups is 1. The maximum Gasteiger partial charge on any atom is 0.257 e. The number of aromatic nitrogens is 4. The number of hydrogen-bond acceptors (Lipinski definition) is 3. The van der Waals surface area contributed by atoms with Gasteiger partial charge in [-0.05, 0) is 29.8 Å². The molecule has 2 aromatic rings. The van der Waals surface area contributed by atoms with Crippen LogP contribution in [-0.4, -0.2) is 37.4 Å². The molecule has 0 unspecified atom stereocenters. The van der Waals surface area contributed by atoms with Crippen LogP contribution >= 0.6 is 15.9 Å². The first-order valence-electron chi connectivity index (χ1n) is 6.40. The van der Waals surface area contributed by atoms with Crippen molar-refractivity contribution >= 4 is 21.8 Å². The molecule has 7 heteroatoms. The lowest BCUT2D eigenvalue weighted by Crippen LogP contribution is -2.27. The zero-order valence-electron chi connectivity index (χ0n) is 12.1. The molecule has 0 aliphatic heterocycles. The van der Waals surface area contributed by atoms with E-state index in [2.05, 4.69) is 26.1 Å². The molecule has 2 rings (SSSR count). The molecule has 0 saturated heterocycles. The van der Waals surface area contributed by atoms with Gasteiger partial charge in [-0.25, -0.2) is 0 Å². The second kappa shape index (κ2) is 5.78. The first kappa shape index (κ1) is 14.8. The summed E-state index contributed by atoms with van der Waals surface area (Å²) in [6.45, 7) is 5.17. The Hall–Kier alpha value is -1.63. The molecular weight excluding hydrogens is 322 g/mol. The molecule has 0 bridgehead atoms. The van der Waals surface area contributed by atoms with Gasteiger partial charge in [-0.15, -0.1) is 0 Å². The maximum atomic E-state index is 12.4. The SMILES string of the molecule is CCn1cc(Br)c(CN(C)C(=O)c2cnn(C)c2C)n1. The van der Waals surface area contributed by atoms with Gasteiger partial charge in [0, 0.05) is 32.5 Å². The number of halogens is 1. The fourth-order valence-corrected chi connectivity index (χ4v) is 2.36. The van der Waals surface area contributed by atoms with Crippen LogP contribution in [0.5, 0.6) is 0 Å². The molecule has 0 atom stereocenters. The summed E-state index contributed by atoms with van der Waals surface area (Å²) in [5, 5.41) is 8.53. The van der Waals surface area contributed by atoms with E-state index in [0.29, 0.717) is 12.1 Å². The summed E-state index contributed by atoms with van der Waals surface area (Å²) in [5.74, 6) is -0.0476. The van der Waals surface area contributed by atoms with Crippen LogP contribution in [0.3, 0.4) is 0 Å². The first-order valence-corrected chi connectivity index (χ1v) is 7.19. The van der Waals surface area contributed by atoms with Crippen molar-refractivity contribution in [3.63, 3.8) is 0 Å². The number of nitrogens with zero attached hydrogens (tertiary/aromatic N) is 5. The summed E-state index contributed by atoms with van der Waals surface area (Å²) in [6.07, 6.45) is 3.52. The van der Waals surface area contributed by atoms with Gasteiger partial charge in [0.05, 0.1) is 28.5 Å². The second-order valence-corrected chi connectivity index (χ2v) is 5.56. The Morgan fingerprint density at radius 2 is 2.20 bits per heavy atom. The quantitative estimate of drug-likeness (QED) is 0.855. The van der Waals surface area contributed by atoms with Gasteiger partial charge in [0.1, 0.15) is 0 Å². The largest absolute Gasteiger partial charge is 0.336 e. The van der Waals surface area contributed by atoms with Crippen molar-refractivity contribution in [2.24, 2.45) is 7.05 Å². The van der Waals surface area contributed by atoms with Crippen molar-refractivity contribution in [3.05, 3.63) is 33.8 Å². The van der Waals surface area contributed by atoms with Crippen molar-refractivity contribution in [3.8, 4) is 0 Å². The van der Waals surface area contributed by atoms with Crippen LogP contribution in [0.1, 0.15) is 28.7 Å². The molecular formula is C13H18BrN5O. The molecule has 20 heavy (non-hydrogen) atoms. The third-order valence-electron chi connectivity index (χ3n) is 3.31. The molecule has 0 aliphatic carbocycles. The van der Waals surface area contributed by atoms with Crippen molar-refractivity contribution in [1.82, 2.24) is 24.5 Å². The second-order valence-electron chi connectivity index (χ2n) is 4.71. The van der Waals surface area contributed by atoms with E-state index in [0.717, 1.165) is 22.4 Å². The van der Waals surface area contributed by atoms with E-state index < -0.39 is 0 Å². The molecule has 0 radical (unpaired) electrons. The molecule has 0 spiro atoms. The van der Waals surface area contributed by atoms with Crippen LogP contribution in [0, 0.1) is 6.92 Å². The standard InChI is InChI=1S/C13H18BrN5O/c1-5-19-7-11(14)12(16-19)8-17(3)13(20)10-6-15-18(4)9(10)2/h6-7H,5,8H2,1-4H3. The van der Waals surface area contributed by atoms with Crippen LogP contribution in [0.4, 0.5) is 0 Å². The van der Waals surface area contributed by atoms with Crippen LogP contribution in [0.15, 0.2) is 16.9 Å². The summed E-state index contributed by atoms with van der Waals surface area (Å²) >= 11 is 3.47. The minimum absolute atomic E-state index is 0.0476. The van der Waals surface area contributed by atoms with Crippen LogP contribution < -0.4 is 0 Å². The van der Waals surface area contributed by atoms with Crippen LogP contribution in [0.2, 0.25) is 0 Å². The van der Waals surface area contributed by atoms with E-state index in [1.165, 1.54) is 0 Å². The van der Waals surface area contributed by atoms with E-state index in [9.17, 15) is 4.79 Å². The highest BCUT2D eigenvalue weighted by molar-refractivity contribution is 9.10. The van der Waals surface area contributed by atoms with Gasteiger partial charge in [0.2, 0.25) is 0 Å². The van der Waals surface area contributed by atoms with Gasteiger partial charge < -0.3 is 4.90 Å². The molecule has 2 heterocycles. The lowest BCUT2D eigenvalue weighted by molar-refractivity contribution is 0.0782. The first-order chi connectivity index (χ1) is 9.43. The van der Waals surface area contributed by atoms with Crippen molar-refractivity contribution in [2.45, 2.75) is 26.9 Å². The lowest BCUT2D eigenvalue weighted by Gasteiger charge is -2.15. The predicted octanol–water partition coefficient (Wildman–Crippen LogP) is 1.98. The molecule has 1 amide bonds. The van der Waals surface area contributed by atoms with E-state index >= 15 is 0 Å². The van der Waals surface area contributed by atoms with Crippen molar-refractivity contribution in [1.29, 1.82) is 0 Å². The Balaban J connectivity index is 2.15. The molecule has 0 fully saturated rings. The third kappa shape index (κ3) is 2.77. The van der Waals surface area contributed by atoms with E-state index in [-0.39, 0.29) is 5.91 Å². The zero-order valence-corrected chi connectivity index (χ0v) is 13.7. The highest BCUT2D eigenvalue weighted by Crippen LogP contribution is 2.18. The summed E-state index contributed by atoms with van der Waals surface area (Å²) in [7, 11) is 3.60. The number of amides is 1. The topological polar surface area (TPSA) is 56.0 Å². The normalized spacial score (nSPS) is 10.8. The third-order valence-corrected chi connectivity index (χ3v) is 3.97.